The minimum absolute atomic E-state index is 0.0942. The zero-order valence-corrected chi connectivity index (χ0v) is 15.6. The first-order valence-corrected chi connectivity index (χ1v) is 10.5. The zero-order valence-electron chi connectivity index (χ0n) is 14.8. The van der Waals surface area contributed by atoms with Crippen LogP contribution in [0.5, 0.6) is 5.75 Å². The Morgan fingerprint density at radius 3 is 2.85 bits per heavy atom. The molecule has 1 unspecified atom stereocenters. The van der Waals surface area contributed by atoms with E-state index in [9.17, 15) is 8.42 Å². The first-order valence-electron chi connectivity index (χ1n) is 9.00. The predicted octanol–water partition coefficient (Wildman–Crippen LogP) is 2.48. The van der Waals surface area contributed by atoms with Crippen LogP contribution >= 0.6 is 0 Å². The molecule has 1 saturated heterocycles. The lowest BCUT2D eigenvalue weighted by molar-refractivity contribution is 0.254. The van der Waals surface area contributed by atoms with Gasteiger partial charge in [-0.15, -0.1) is 0 Å². The number of rotatable bonds is 5. The van der Waals surface area contributed by atoms with Crippen LogP contribution in [0.3, 0.4) is 0 Å². The zero-order chi connectivity index (χ0) is 18.1. The summed E-state index contributed by atoms with van der Waals surface area (Å²) in [7, 11) is -3.57. The molecular formula is C19H23N3O3S. The third-order valence-electron chi connectivity index (χ3n) is 4.88. The Labute approximate surface area is 154 Å². The SMILES string of the molecule is CC1Cc2cc(S(=O)(=O)NCc3ccnc(N4CCCC4)c3)ccc2O1. The average Bonchev–Trinajstić information content (AvgIpc) is 3.28. The van der Waals surface area contributed by atoms with Crippen LogP contribution in [0.15, 0.2) is 41.4 Å². The predicted molar refractivity (Wildman–Crippen MR) is 99.9 cm³/mol. The summed E-state index contributed by atoms with van der Waals surface area (Å²) in [5.41, 5.74) is 1.85. The molecule has 2 aliphatic heterocycles. The van der Waals surface area contributed by atoms with Gasteiger partial charge in [0.15, 0.2) is 0 Å². The van der Waals surface area contributed by atoms with Gasteiger partial charge in [-0.2, -0.15) is 0 Å². The van der Waals surface area contributed by atoms with Crippen LogP contribution in [-0.2, 0) is 23.0 Å². The topological polar surface area (TPSA) is 71.5 Å². The molecule has 2 aromatic rings. The van der Waals surface area contributed by atoms with E-state index >= 15 is 0 Å². The fraction of sp³-hybridized carbons (Fsp3) is 0.421. The van der Waals surface area contributed by atoms with Crippen LogP contribution in [-0.4, -0.2) is 32.6 Å². The lowest BCUT2D eigenvalue weighted by Crippen LogP contribution is -2.24. The van der Waals surface area contributed by atoms with Crippen molar-refractivity contribution in [3.05, 3.63) is 47.7 Å². The largest absolute Gasteiger partial charge is 0.490 e. The number of nitrogens with zero attached hydrogens (tertiary/aromatic N) is 2. The van der Waals surface area contributed by atoms with Crippen molar-refractivity contribution in [1.29, 1.82) is 0 Å². The maximum absolute atomic E-state index is 12.7. The summed E-state index contributed by atoms with van der Waals surface area (Å²) in [6, 6.07) is 8.86. The monoisotopic (exact) mass is 373 g/mol. The van der Waals surface area contributed by atoms with Gasteiger partial charge in [-0.25, -0.2) is 18.1 Å². The number of hydrogen-bond donors (Lipinski definition) is 1. The smallest absolute Gasteiger partial charge is 0.240 e. The van der Waals surface area contributed by atoms with Gasteiger partial charge in [0.05, 0.1) is 4.90 Å². The Hall–Kier alpha value is -2.12. The van der Waals surface area contributed by atoms with Crippen LogP contribution in [0, 0.1) is 0 Å². The van der Waals surface area contributed by atoms with Gasteiger partial charge in [0.2, 0.25) is 10.0 Å². The summed E-state index contributed by atoms with van der Waals surface area (Å²) >= 11 is 0. The lowest BCUT2D eigenvalue weighted by atomic mass is 10.1. The second kappa shape index (κ2) is 6.89. The van der Waals surface area contributed by atoms with E-state index in [-0.39, 0.29) is 17.5 Å². The maximum atomic E-state index is 12.7. The Kier molecular flexibility index (Phi) is 4.58. The highest BCUT2D eigenvalue weighted by atomic mass is 32.2. The van der Waals surface area contributed by atoms with Gasteiger partial charge in [-0.05, 0) is 61.2 Å². The highest BCUT2D eigenvalue weighted by Gasteiger charge is 2.22. The molecule has 3 heterocycles. The van der Waals surface area contributed by atoms with Crippen molar-refractivity contribution in [1.82, 2.24) is 9.71 Å². The van der Waals surface area contributed by atoms with Crippen LogP contribution in [0.4, 0.5) is 5.82 Å². The highest BCUT2D eigenvalue weighted by molar-refractivity contribution is 7.89. The molecule has 0 amide bonds. The standard InChI is InChI=1S/C19H23N3O3S/c1-14-10-16-12-17(4-5-18(16)25-14)26(23,24)21-13-15-6-7-20-19(11-15)22-8-2-3-9-22/h4-7,11-12,14,21H,2-3,8-10,13H2,1H3. The Balaban J connectivity index is 1.47. The van der Waals surface area contributed by atoms with Gasteiger partial charge in [-0.3, -0.25) is 0 Å². The molecule has 2 aliphatic rings. The van der Waals surface area contributed by atoms with E-state index in [1.54, 1.807) is 24.4 Å². The van der Waals surface area contributed by atoms with Crippen LogP contribution in [0.2, 0.25) is 0 Å². The molecular weight excluding hydrogens is 350 g/mol. The summed E-state index contributed by atoms with van der Waals surface area (Å²) < 4.78 is 33.6. The van der Waals surface area contributed by atoms with Crippen molar-refractivity contribution in [2.75, 3.05) is 18.0 Å². The third kappa shape index (κ3) is 3.54. The second-order valence-corrected chi connectivity index (χ2v) is 8.71. The summed E-state index contributed by atoms with van der Waals surface area (Å²) in [5.74, 6) is 1.70. The third-order valence-corrected chi connectivity index (χ3v) is 6.28. The molecule has 1 aromatic heterocycles. The molecule has 0 saturated carbocycles. The average molecular weight is 373 g/mol. The molecule has 138 valence electrons. The normalized spacial score (nSPS) is 19.4. The summed E-state index contributed by atoms with van der Waals surface area (Å²) in [5, 5.41) is 0. The van der Waals surface area contributed by atoms with Crippen molar-refractivity contribution in [2.24, 2.45) is 0 Å². The van der Waals surface area contributed by atoms with Crippen LogP contribution in [0.1, 0.15) is 30.9 Å². The fourth-order valence-electron chi connectivity index (χ4n) is 3.52. The van der Waals surface area contributed by atoms with Crippen LogP contribution in [0.25, 0.3) is 0 Å². The first kappa shape index (κ1) is 17.3. The number of hydrogen-bond acceptors (Lipinski definition) is 5. The number of fused-ring (bicyclic) bond motifs is 1. The van der Waals surface area contributed by atoms with Gasteiger partial charge in [0.1, 0.15) is 17.7 Å². The molecule has 0 radical (unpaired) electrons. The summed E-state index contributed by atoms with van der Waals surface area (Å²) in [6.45, 7) is 4.25. The number of ether oxygens (including phenoxy) is 1. The summed E-state index contributed by atoms with van der Waals surface area (Å²) in [4.78, 5) is 6.92. The van der Waals surface area contributed by atoms with Crippen molar-refractivity contribution in [2.45, 2.75) is 43.7 Å². The van der Waals surface area contributed by atoms with E-state index in [4.69, 9.17) is 4.74 Å². The molecule has 1 fully saturated rings. The van der Waals surface area contributed by atoms with Crippen LogP contribution < -0.4 is 14.4 Å². The van der Waals surface area contributed by atoms with E-state index in [0.29, 0.717) is 0 Å². The number of pyridine rings is 1. The number of benzene rings is 1. The molecule has 7 heteroatoms. The molecule has 1 atom stereocenters. The van der Waals surface area contributed by atoms with Crippen molar-refractivity contribution in [3.63, 3.8) is 0 Å². The Morgan fingerprint density at radius 2 is 2.04 bits per heavy atom. The molecule has 4 rings (SSSR count). The van der Waals surface area contributed by atoms with E-state index in [0.717, 1.165) is 42.2 Å². The maximum Gasteiger partial charge on any atom is 0.240 e. The quantitative estimate of drug-likeness (QED) is 0.872. The van der Waals surface area contributed by atoms with E-state index in [1.807, 2.05) is 19.1 Å². The molecule has 0 aliphatic carbocycles. The minimum Gasteiger partial charge on any atom is -0.490 e. The molecule has 26 heavy (non-hydrogen) atoms. The van der Waals surface area contributed by atoms with Crippen molar-refractivity contribution >= 4 is 15.8 Å². The first-order chi connectivity index (χ1) is 12.5. The highest BCUT2D eigenvalue weighted by Crippen LogP contribution is 2.30. The fourth-order valence-corrected chi connectivity index (χ4v) is 4.58. The Bertz CT molecular complexity index is 908. The number of sulfonamides is 1. The van der Waals surface area contributed by atoms with Gasteiger partial charge in [0.25, 0.3) is 0 Å². The molecule has 1 aromatic carbocycles. The van der Waals surface area contributed by atoms with Gasteiger partial charge in [-0.1, -0.05) is 0 Å². The molecule has 0 spiro atoms. The molecule has 0 bridgehead atoms. The molecule has 1 N–H and O–H groups in total. The van der Waals surface area contributed by atoms with Crippen molar-refractivity contribution < 1.29 is 13.2 Å². The van der Waals surface area contributed by atoms with Gasteiger partial charge < -0.3 is 9.64 Å². The Morgan fingerprint density at radius 1 is 1.23 bits per heavy atom. The van der Waals surface area contributed by atoms with E-state index < -0.39 is 10.0 Å². The second-order valence-electron chi connectivity index (χ2n) is 6.94. The van der Waals surface area contributed by atoms with Crippen molar-refractivity contribution in [3.8, 4) is 5.75 Å². The van der Waals surface area contributed by atoms with Gasteiger partial charge in [0, 0.05) is 32.3 Å². The van der Waals surface area contributed by atoms with E-state index in [2.05, 4.69) is 14.6 Å². The molecule has 6 nitrogen and oxygen atoms in total. The van der Waals surface area contributed by atoms with E-state index in [1.165, 1.54) is 12.8 Å². The number of aromatic nitrogens is 1. The minimum atomic E-state index is -3.57. The lowest BCUT2D eigenvalue weighted by Gasteiger charge is -2.17. The summed E-state index contributed by atoms with van der Waals surface area (Å²) in [6.07, 6.45) is 4.93. The van der Waals surface area contributed by atoms with Gasteiger partial charge >= 0.3 is 0 Å². The number of nitrogens with one attached hydrogen (secondary N) is 1. The number of anilines is 1.